The fraction of sp³-hybridized carbons (Fsp3) is 0.346. The van der Waals surface area contributed by atoms with Crippen LogP contribution in [0, 0.1) is 0 Å². The largest absolute Gasteiger partial charge is 0.507 e. The Morgan fingerprint density at radius 3 is 2.44 bits per heavy atom. The average Bonchev–Trinajstić information content (AvgIpc) is 2.87. The van der Waals surface area contributed by atoms with Crippen LogP contribution in [0.3, 0.4) is 0 Å². The van der Waals surface area contributed by atoms with Crippen molar-refractivity contribution < 1.29 is 28.6 Å². The van der Waals surface area contributed by atoms with E-state index >= 15 is 0 Å². The third-order valence-electron chi connectivity index (χ3n) is 6.25. The van der Waals surface area contributed by atoms with Crippen LogP contribution < -0.4 is 14.9 Å². The highest BCUT2D eigenvalue weighted by Crippen LogP contribution is 2.30. The topological polar surface area (TPSA) is 113 Å². The molecule has 190 valence electrons. The predicted octanol–water partition coefficient (Wildman–Crippen LogP) is 1.79. The molecule has 2 heterocycles. The van der Waals surface area contributed by atoms with E-state index in [1.165, 1.54) is 30.3 Å². The maximum atomic E-state index is 13.0. The molecule has 10 nitrogen and oxygen atoms in total. The molecule has 1 N–H and O–H groups in total. The number of amides is 2. The van der Waals surface area contributed by atoms with Gasteiger partial charge in [-0.1, -0.05) is 12.1 Å². The second kappa shape index (κ2) is 10.7. The van der Waals surface area contributed by atoms with Crippen molar-refractivity contribution in [1.82, 2.24) is 14.7 Å². The molecular weight excluding hydrogens is 466 g/mol. The van der Waals surface area contributed by atoms with Crippen molar-refractivity contribution in [3.8, 4) is 28.4 Å². The van der Waals surface area contributed by atoms with Crippen LogP contribution >= 0.6 is 0 Å². The minimum atomic E-state index is -0.399. The molecule has 4 rings (SSSR count). The molecular formula is C26H29N3O7. The van der Waals surface area contributed by atoms with E-state index in [4.69, 9.17) is 13.9 Å². The molecule has 2 amide bonds. The summed E-state index contributed by atoms with van der Waals surface area (Å²) in [5.41, 5.74) is 0.629. The number of rotatable bonds is 7. The standard InChI is InChI=1S/C26H29N3O7/c1-27-8-10-29(11-9-27)23(31)14-28(2)24(32)16-35-19-12-21(30)25-22(13-19)36-15-20(26(25)33)17-4-6-18(34-3)7-5-17/h4-7,12-13,15,30H,8-11,14,16H2,1-3H3. The first-order valence-corrected chi connectivity index (χ1v) is 11.5. The van der Waals surface area contributed by atoms with Gasteiger partial charge >= 0.3 is 0 Å². The van der Waals surface area contributed by atoms with Crippen LogP contribution in [-0.4, -0.2) is 92.2 Å². The number of hydrogen-bond donors (Lipinski definition) is 1. The SMILES string of the molecule is COc1ccc(-c2coc3cc(OCC(=O)N(C)CC(=O)N4CCN(C)CC4)cc(O)c3c2=O)cc1. The maximum Gasteiger partial charge on any atom is 0.260 e. The van der Waals surface area contributed by atoms with Gasteiger partial charge in [0.2, 0.25) is 11.3 Å². The molecule has 0 aliphatic carbocycles. The summed E-state index contributed by atoms with van der Waals surface area (Å²) in [6, 6.07) is 9.60. The number of aromatic hydroxyl groups is 1. The first-order valence-electron chi connectivity index (χ1n) is 11.5. The molecule has 2 aromatic carbocycles. The Hall–Kier alpha value is -4.05. The Balaban J connectivity index is 1.42. The second-order valence-corrected chi connectivity index (χ2v) is 8.75. The highest BCUT2D eigenvalue weighted by Gasteiger charge is 2.22. The maximum absolute atomic E-state index is 13.0. The Labute approximate surface area is 208 Å². The summed E-state index contributed by atoms with van der Waals surface area (Å²) >= 11 is 0. The van der Waals surface area contributed by atoms with Gasteiger partial charge in [-0.25, -0.2) is 0 Å². The molecule has 1 aromatic heterocycles. The first kappa shape index (κ1) is 25.1. The average molecular weight is 496 g/mol. The van der Waals surface area contributed by atoms with Crippen molar-refractivity contribution in [2.45, 2.75) is 0 Å². The van der Waals surface area contributed by atoms with Gasteiger partial charge in [0, 0.05) is 45.4 Å². The van der Waals surface area contributed by atoms with Gasteiger partial charge in [0.1, 0.15) is 34.5 Å². The summed E-state index contributed by atoms with van der Waals surface area (Å²) in [6.07, 6.45) is 1.32. The number of nitrogens with zero attached hydrogens (tertiary/aromatic N) is 3. The highest BCUT2D eigenvalue weighted by molar-refractivity contribution is 5.88. The monoisotopic (exact) mass is 495 g/mol. The molecule has 1 aliphatic rings. The van der Waals surface area contributed by atoms with Crippen LogP contribution in [-0.2, 0) is 9.59 Å². The third kappa shape index (κ3) is 5.44. The molecule has 0 atom stereocenters. The fourth-order valence-electron chi connectivity index (χ4n) is 3.96. The number of piperazine rings is 1. The number of phenols is 1. The molecule has 0 radical (unpaired) electrons. The normalized spacial score (nSPS) is 14.0. The number of ether oxygens (including phenoxy) is 2. The van der Waals surface area contributed by atoms with E-state index in [9.17, 15) is 19.5 Å². The number of benzene rings is 2. The molecule has 0 bridgehead atoms. The molecule has 10 heteroatoms. The minimum absolute atomic E-state index is 0.0110. The summed E-state index contributed by atoms with van der Waals surface area (Å²) in [6.45, 7) is 2.49. The van der Waals surface area contributed by atoms with Crippen LogP contribution in [0.25, 0.3) is 22.1 Å². The van der Waals surface area contributed by atoms with Crippen molar-refractivity contribution >= 4 is 22.8 Å². The molecule has 1 aliphatic heterocycles. The number of phenolic OH excluding ortho intramolecular Hbond substituents is 1. The smallest absolute Gasteiger partial charge is 0.260 e. The van der Waals surface area contributed by atoms with Crippen molar-refractivity contribution in [2.75, 3.05) is 60.5 Å². The quantitative estimate of drug-likeness (QED) is 0.528. The van der Waals surface area contributed by atoms with Crippen LogP contribution in [0.15, 0.2) is 51.9 Å². The van der Waals surface area contributed by atoms with E-state index in [0.29, 0.717) is 24.4 Å². The number of fused-ring (bicyclic) bond motifs is 1. The summed E-state index contributed by atoms with van der Waals surface area (Å²) < 4.78 is 16.3. The second-order valence-electron chi connectivity index (χ2n) is 8.75. The zero-order valence-electron chi connectivity index (χ0n) is 20.5. The van der Waals surface area contributed by atoms with Crippen LogP contribution in [0.4, 0.5) is 0 Å². The first-order chi connectivity index (χ1) is 17.3. The molecule has 36 heavy (non-hydrogen) atoms. The lowest BCUT2D eigenvalue weighted by Gasteiger charge is -2.33. The zero-order chi connectivity index (χ0) is 25.8. The molecule has 0 saturated carbocycles. The zero-order valence-corrected chi connectivity index (χ0v) is 20.5. The van der Waals surface area contributed by atoms with Crippen molar-refractivity contribution in [2.24, 2.45) is 0 Å². The van der Waals surface area contributed by atoms with Crippen LogP contribution in [0.5, 0.6) is 17.2 Å². The number of likely N-dealkylation sites (N-methyl/N-ethyl adjacent to an activating group) is 2. The van der Waals surface area contributed by atoms with E-state index in [2.05, 4.69) is 4.90 Å². The van der Waals surface area contributed by atoms with E-state index in [1.54, 1.807) is 36.3 Å². The lowest BCUT2D eigenvalue weighted by molar-refractivity contribution is -0.141. The Kier molecular flexibility index (Phi) is 7.44. The Morgan fingerprint density at radius 2 is 1.78 bits per heavy atom. The van der Waals surface area contributed by atoms with Gasteiger partial charge < -0.3 is 33.7 Å². The highest BCUT2D eigenvalue weighted by atomic mass is 16.5. The molecule has 3 aromatic rings. The third-order valence-corrected chi connectivity index (χ3v) is 6.25. The fourth-order valence-corrected chi connectivity index (χ4v) is 3.96. The van der Waals surface area contributed by atoms with Gasteiger partial charge in [0.15, 0.2) is 6.61 Å². The molecule has 1 saturated heterocycles. The number of hydrogen-bond acceptors (Lipinski definition) is 8. The van der Waals surface area contributed by atoms with Crippen molar-refractivity contribution in [3.63, 3.8) is 0 Å². The molecule has 0 unspecified atom stereocenters. The van der Waals surface area contributed by atoms with Gasteiger partial charge in [-0.15, -0.1) is 0 Å². The van der Waals surface area contributed by atoms with Gasteiger partial charge in [-0.05, 0) is 24.7 Å². The summed E-state index contributed by atoms with van der Waals surface area (Å²) in [4.78, 5) is 43.2. The van der Waals surface area contributed by atoms with Crippen molar-refractivity contribution in [3.05, 3.63) is 52.9 Å². The van der Waals surface area contributed by atoms with Crippen molar-refractivity contribution in [1.29, 1.82) is 0 Å². The lowest BCUT2D eigenvalue weighted by atomic mass is 10.0. The van der Waals surface area contributed by atoms with Crippen LogP contribution in [0.1, 0.15) is 0 Å². The minimum Gasteiger partial charge on any atom is -0.507 e. The van der Waals surface area contributed by atoms with E-state index in [0.717, 1.165) is 13.1 Å². The number of methoxy groups -OCH3 is 1. The molecule has 0 spiro atoms. The van der Waals surface area contributed by atoms with E-state index < -0.39 is 11.3 Å². The number of carbonyl (C=O) groups is 2. The summed E-state index contributed by atoms with van der Waals surface area (Å²) in [5, 5.41) is 10.5. The van der Waals surface area contributed by atoms with E-state index in [1.807, 2.05) is 7.05 Å². The molecule has 1 fully saturated rings. The lowest BCUT2D eigenvalue weighted by Crippen LogP contribution is -2.50. The van der Waals surface area contributed by atoms with Gasteiger partial charge in [-0.2, -0.15) is 0 Å². The van der Waals surface area contributed by atoms with E-state index in [-0.39, 0.29) is 47.1 Å². The summed E-state index contributed by atoms with van der Waals surface area (Å²) in [7, 11) is 5.10. The number of carbonyl (C=O) groups excluding carboxylic acids is 2. The Bertz CT molecular complexity index is 1310. The van der Waals surface area contributed by atoms with Gasteiger partial charge in [0.25, 0.3) is 5.91 Å². The van der Waals surface area contributed by atoms with Crippen LogP contribution in [0.2, 0.25) is 0 Å². The van der Waals surface area contributed by atoms with Gasteiger partial charge in [0.05, 0.1) is 19.2 Å². The predicted molar refractivity (Wildman–Crippen MR) is 133 cm³/mol. The Morgan fingerprint density at radius 1 is 1.08 bits per heavy atom. The summed E-state index contributed by atoms with van der Waals surface area (Å²) in [5.74, 6) is -0.0206. The van der Waals surface area contributed by atoms with Gasteiger partial charge in [-0.3, -0.25) is 14.4 Å².